The zero-order valence-electron chi connectivity index (χ0n) is 39.6. The van der Waals surface area contributed by atoms with E-state index in [2.05, 4.69) is 158 Å². The van der Waals surface area contributed by atoms with Crippen LogP contribution in [0, 0.1) is 17.5 Å². The smallest absolute Gasteiger partial charge is 0.188 e. The summed E-state index contributed by atoms with van der Waals surface area (Å²) in [6.07, 6.45) is 3.21. The second kappa shape index (κ2) is 18.7. The van der Waals surface area contributed by atoms with Gasteiger partial charge in [0.15, 0.2) is 11.3 Å². The number of fused-ring (bicyclic) bond motifs is 5. The van der Waals surface area contributed by atoms with Crippen LogP contribution in [0.25, 0.3) is 83.7 Å². The number of hydrogen-bond acceptors (Lipinski definition) is 5. The third-order valence-electron chi connectivity index (χ3n) is 12.0. The van der Waals surface area contributed by atoms with Crippen molar-refractivity contribution in [3.8, 4) is 39.5 Å². The van der Waals surface area contributed by atoms with Gasteiger partial charge in [0.25, 0.3) is 0 Å². The zero-order chi connectivity index (χ0) is 45.6. The first kappa shape index (κ1) is 46.5. The normalized spacial score (nSPS) is 12.0. The SMILES string of the molecule is CC(C)(C)Cc1cc(-c2[c-]cccc2)ncc1[Si](C)(C)C.CC(C)c1cc(-c2ccccc2)cc(C(C)C)c1-n1c(-c2[c-]ccc3c2oc2ccccc23)nc2nc3ccccc3nc21.[Ir]. The van der Waals surface area contributed by atoms with Crippen LogP contribution < -0.4 is 5.19 Å². The topological polar surface area (TPSA) is 69.6 Å². The summed E-state index contributed by atoms with van der Waals surface area (Å²) < 4.78 is 8.72. The predicted octanol–water partition coefficient (Wildman–Crippen LogP) is 14.9. The van der Waals surface area contributed by atoms with Gasteiger partial charge < -0.3 is 14.0 Å². The Balaban J connectivity index is 0.000000228. The average molecular weight is 1060 g/mol. The summed E-state index contributed by atoms with van der Waals surface area (Å²) in [7, 11) is -1.37. The van der Waals surface area contributed by atoms with E-state index in [0.29, 0.717) is 5.65 Å². The van der Waals surface area contributed by atoms with E-state index in [4.69, 9.17) is 24.4 Å². The molecule has 0 amide bonds. The molecule has 6 aromatic carbocycles. The van der Waals surface area contributed by atoms with E-state index in [1.165, 1.54) is 33.0 Å². The van der Waals surface area contributed by atoms with Gasteiger partial charge in [-0.2, -0.15) is 0 Å². The van der Waals surface area contributed by atoms with Gasteiger partial charge in [-0.05, 0) is 87.1 Å². The molecule has 4 heterocycles. The first-order valence-corrected chi connectivity index (χ1v) is 26.3. The summed E-state index contributed by atoms with van der Waals surface area (Å²) >= 11 is 0. The number of imidazole rings is 1. The van der Waals surface area contributed by atoms with Gasteiger partial charge in [-0.3, -0.25) is 4.98 Å². The Kier molecular flexibility index (Phi) is 13.2. The van der Waals surface area contributed by atoms with Gasteiger partial charge in [0.05, 0.1) is 30.5 Å². The maximum absolute atomic E-state index is 6.51. The quantitative estimate of drug-likeness (QED) is 0.112. The summed E-state index contributed by atoms with van der Waals surface area (Å²) in [6.45, 7) is 23.1. The molecule has 0 aliphatic heterocycles. The molecule has 0 unspecified atom stereocenters. The molecule has 8 heteroatoms. The molecule has 0 fully saturated rings. The molecule has 0 saturated heterocycles. The Labute approximate surface area is 404 Å². The Bertz CT molecular complexity index is 3290. The summed E-state index contributed by atoms with van der Waals surface area (Å²) in [5.41, 5.74) is 15.2. The van der Waals surface area contributed by atoms with Crippen molar-refractivity contribution in [3.63, 3.8) is 0 Å². The molecule has 1 radical (unpaired) electrons. The number of rotatable bonds is 8. The monoisotopic (exact) mass is 1060 g/mol. The molecule has 0 aliphatic rings. The molecule has 10 rings (SSSR count). The van der Waals surface area contributed by atoms with E-state index in [0.717, 1.165) is 73.4 Å². The van der Waals surface area contributed by atoms with Crippen molar-refractivity contribution in [1.82, 2.24) is 24.5 Å². The van der Waals surface area contributed by atoms with E-state index in [1.807, 2.05) is 66.7 Å². The molecule has 335 valence electrons. The molecule has 10 aromatic rings. The van der Waals surface area contributed by atoms with Gasteiger partial charge in [-0.1, -0.05) is 151 Å². The van der Waals surface area contributed by atoms with Crippen molar-refractivity contribution in [2.45, 2.75) is 86.4 Å². The Morgan fingerprint density at radius 1 is 0.667 bits per heavy atom. The first-order valence-electron chi connectivity index (χ1n) is 22.8. The molecule has 6 nitrogen and oxygen atoms in total. The molecule has 0 atom stereocenters. The molecule has 0 spiro atoms. The molecule has 0 saturated carbocycles. The van der Waals surface area contributed by atoms with Crippen LogP contribution in [0.15, 0.2) is 144 Å². The zero-order valence-corrected chi connectivity index (χ0v) is 43.0. The molecule has 66 heavy (non-hydrogen) atoms. The molecule has 0 bridgehead atoms. The second-order valence-electron chi connectivity index (χ2n) is 20.0. The van der Waals surface area contributed by atoms with Crippen LogP contribution in [0.4, 0.5) is 0 Å². The number of aromatic nitrogens is 5. The molecular weight excluding hydrogens is 1000 g/mol. The van der Waals surface area contributed by atoms with Gasteiger partial charge in [-0.15, -0.1) is 54.1 Å². The molecule has 0 aliphatic carbocycles. The fourth-order valence-electron chi connectivity index (χ4n) is 8.90. The van der Waals surface area contributed by atoms with E-state index < -0.39 is 8.07 Å². The molecule has 0 N–H and O–H groups in total. The minimum Gasteiger partial charge on any atom is -0.501 e. The summed E-state index contributed by atoms with van der Waals surface area (Å²) in [4.78, 5) is 20.1. The third kappa shape index (κ3) is 9.33. The molecular formula is C58H57IrN5OSi-2. The first-order chi connectivity index (χ1) is 31.1. The number of furan rings is 1. The van der Waals surface area contributed by atoms with Crippen LogP contribution in [0.1, 0.15) is 77.0 Å². The van der Waals surface area contributed by atoms with Crippen LogP contribution in [0.2, 0.25) is 19.6 Å². The fourth-order valence-corrected chi connectivity index (χ4v) is 10.5. The van der Waals surface area contributed by atoms with Gasteiger partial charge in [-0.25, -0.2) is 9.97 Å². The minimum atomic E-state index is -1.37. The van der Waals surface area contributed by atoms with E-state index in [1.54, 1.807) is 0 Å². The largest absolute Gasteiger partial charge is 0.501 e. The second-order valence-corrected chi connectivity index (χ2v) is 25.0. The number of benzene rings is 6. The van der Waals surface area contributed by atoms with Crippen LogP contribution >= 0.6 is 0 Å². The maximum atomic E-state index is 6.51. The number of nitrogens with zero attached hydrogens (tertiary/aromatic N) is 5. The van der Waals surface area contributed by atoms with Crippen molar-refractivity contribution < 1.29 is 24.5 Å². The van der Waals surface area contributed by atoms with Gasteiger partial charge in [0.1, 0.15) is 5.58 Å². The van der Waals surface area contributed by atoms with E-state index in [9.17, 15) is 0 Å². The minimum absolute atomic E-state index is 0. The summed E-state index contributed by atoms with van der Waals surface area (Å²) in [5, 5.41) is 3.59. The third-order valence-corrected chi connectivity index (χ3v) is 14.0. The number of para-hydroxylation sites is 3. The van der Waals surface area contributed by atoms with Gasteiger partial charge >= 0.3 is 0 Å². The summed E-state index contributed by atoms with van der Waals surface area (Å²) in [6, 6.07) is 52.6. The van der Waals surface area contributed by atoms with Crippen molar-refractivity contribution in [3.05, 3.63) is 168 Å². The standard InChI is InChI=1S/C39H31N4O.C19H26NSi.Ir/c1-23(2)30-21-26(25-13-6-5-7-14-25)22-31(24(3)4)35(30)43-38(42-37-39(43)41-33-19-10-9-18-32(33)40-37)29-17-12-16-28-27-15-8-11-20-34(27)44-36(28)29;1-19(2,3)13-16-12-17(15-10-8-7-9-11-15)20-14-18(16)21(4,5)6;/h5-16,18-24H,1-4H3;7-10,12,14H,13H2,1-6H3;/q2*-1;. The van der Waals surface area contributed by atoms with Crippen molar-refractivity contribution in [2.24, 2.45) is 5.41 Å². The van der Waals surface area contributed by atoms with Crippen molar-refractivity contribution in [1.29, 1.82) is 0 Å². The van der Waals surface area contributed by atoms with Crippen molar-refractivity contribution >= 4 is 57.5 Å². The average Bonchev–Trinajstić information content (AvgIpc) is 3.85. The van der Waals surface area contributed by atoms with Crippen LogP contribution in [0.3, 0.4) is 0 Å². The maximum Gasteiger partial charge on any atom is 0.188 e. The number of hydrogen-bond donors (Lipinski definition) is 0. The van der Waals surface area contributed by atoms with Crippen LogP contribution in [0.5, 0.6) is 0 Å². The van der Waals surface area contributed by atoms with E-state index in [-0.39, 0.29) is 37.4 Å². The van der Waals surface area contributed by atoms with Gasteiger partial charge in [0, 0.05) is 37.4 Å². The van der Waals surface area contributed by atoms with Gasteiger partial charge in [0.2, 0.25) is 0 Å². The van der Waals surface area contributed by atoms with Crippen molar-refractivity contribution in [2.75, 3.05) is 0 Å². The Morgan fingerprint density at radius 2 is 1.32 bits per heavy atom. The van der Waals surface area contributed by atoms with Crippen LogP contribution in [-0.4, -0.2) is 32.6 Å². The predicted molar refractivity (Wildman–Crippen MR) is 274 cm³/mol. The van der Waals surface area contributed by atoms with E-state index >= 15 is 0 Å². The Morgan fingerprint density at radius 3 is 1.97 bits per heavy atom. The van der Waals surface area contributed by atoms with Crippen LogP contribution in [-0.2, 0) is 26.5 Å². The molecule has 4 aromatic heterocycles. The number of pyridine rings is 1. The summed E-state index contributed by atoms with van der Waals surface area (Å²) in [5.74, 6) is 1.18. The fraction of sp³-hybridized carbons (Fsp3) is 0.241. The Hall–Kier alpha value is -6.05.